The van der Waals surface area contributed by atoms with Crippen molar-refractivity contribution in [1.82, 2.24) is 31.1 Å². The highest BCUT2D eigenvalue weighted by molar-refractivity contribution is 5.99. The summed E-state index contributed by atoms with van der Waals surface area (Å²) >= 11 is 0. The van der Waals surface area contributed by atoms with Gasteiger partial charge >= 0.3 is 0 Å². The molecule has 2 N–H and O–H groups in total. The lowest BCUT2D eigenvalue weighted by Crippen LogP contribution is -2.41. The number of nitrogens with one attached hydrogen (secondary N) is 2. The monoisotopic (exact) mass is 398 g/mol. The van der Waals surface area contributed by atoms with E-state index >= 15 is 0 Å². The van der Waals surface area contributed by atoms with Crippen LogP contribution in [0, 0.1) is 0 Å². The summed E-state index contributed by atoms with van der Waals surface area (Å²) in [5, 5.41) is 12.5. The number of hydrogen-bond acceptors (Lipinski definition) is 5. The highest BCUT2D eigenvalue weighted by Gasteiger charge is 2.10. The number of rotatable bonds is 5. The summed E-state index contributed by atoms with van der Waals surface area (Å²) in [7, 11) is 0. The lowest BCUT2D eigenvalue weighted by Gasteiger charge is -2.08. The first-order chi connectivity index (χ1) is 14.7. The van der Waals surface area contributed by atoms with E-state index in [4.69, 9.17) is 0 Å². The van der Waals surface area contributed by atoms with Crippen LogP contribution in [0.4, 0.5) is 0 Å². The molecular weight excluding hydrogens is 380 g/mol. The van der Waals surface area contributed by atoms with E-state index in [1.54, 1.807) is 48.5 Å². The molecule has 0 radical (unpaired) electrons. The van der Waals surface area contributed by atoms with Crippen molar-refractivity contribution in [3.05, 3.63) is 102 Å². The summed E-state index contributed by atoms with van der Waals surface area (Å²) < 4.78 is 0. The van der Waals surface area contributed by atoms with Crippen LogP contribution in [0.3, 0.4) is 0 Å². The lowest BCUT2D eigenvalue weighted by molar-refractivity contribution is 0.0846. The Morgan fingerprint density at radius 1 is 0.733 bits per heavy atom. The first kappa shape index (κ1) is 19.0. The van der Waals surface area contributed by atoms with Crippen LogP contribution in [0.15, 0.2) is 84.9 Å². The fraction of sp³-hybridized carbons (Fsp3) is 0.0455. The Kier molecular flexibility index (Phi) is 5.56. The van der Waals surface area contributed by atoms with Gasteiger partial charge in [-0.2, -0.15) is 4.80 Å². The fourth-order valence-electron chi connectivity index (χ4n) is 2.79. The number of tetrazole rings is 1. The molecule has 2 amide bonds. The smallest absolute Gasteiger partial charge is 0.267 e. The summed E-state index contributed by atoms with van der Waals surface area (Å²) in [4.78, 5) is 25.7. The number of amides is 2. The van der Waals surface area contributed by atoms with E-state index < -0.39 is 5.91 Å². The highest BCUT2D eigenvalue weighted by atomic mass is 16.2. The Hall–Kier alpha value is -4.33. The van der Waals surface area contributed by atoms with Crippen LogP contribution in [-0.2, 0) is 6.54 Å². The van der Waals surface area contributed by atoms with Gasteiger partial charge in [0.05, 0.1) is 6.54 Å². The van der Waals surface area contributed by atoms with E-state index in [1.807, 2.05) is 36.4 Å². The van der Waals surface area contributed by atoms with Gasteiger partial charge in [0.15, 0.2) is 0 Å². The van der Waals surface area contributed by atoms with Gasteiger partial charge in [-0.05, 0) is 35.0 Å². The molecule has 1 heterocycles. The Bertz CT molecular complexity index is 1140. The van der Waals surface area contributed by atoms with Crippen LogP contribution >= 0.6 is 0 Å². The molecule has 148 valence electrons. The Morgan fingerprint density at radius 3 is 1.93 bits per heavy atom. The summed E-state index contributed by atoms with van der Waals surface area (Å²) in [5.41, 5.74) is 7.50. The van der Waals surface area contributed by atoms with Crippen LogP contribution in [0.1, 0.15) is 26.3 Å². The van der Waals surface area contributed by atoms with Crippen molar-refractivity contribution in [2.24, 2.45) is 0 Å². The van der Waals surface area contributed by atoms with E-state index in [9.17, 15) is 9.59 Å². The number of carbonyl (C=O) groups is 2. The first-order valence-corrected chi connectivity index (χ1v) is 9.27. The molecule has 0 bridgehead atoms. The molecule has 3 aromatic carbocycles. The van der Waals surface area contributed by atoms with Gasteiger partial charge in [-0.15, -0.1) is 10.2 Å². The van der Waals surface area contributed by atoms with Crippen LogP contribution < -0.4 is 10.9 Å². The summed E-state index contributed by atoms with van der Waals surface area (Å²) in [6, 6.07) is 25.2. The van der Waals surface area contributed by atoms with Gasteiger partial charge in [-0.25, -0.2) is 0 Å². The van der Waals surface area contributed by atoms with Crippen LogP contribution in [-0.4, -0.2) is 32.0 Å². The molecular formula is C22H18N6O2. The van der Waals surface area contributed by atoms with E-state index in [2.05, 4.69) is 26.3 Å². The highest BCUT2D eigenvalue weighted by Crippen LogP contribution is 2.12. The zero-order chi connectivity index (χ0) is 20.8. The molecule has 0 aliphatic rings. The third kappa shape index (κ3) is 4.56. The molecule has 0 atom stereocenters. The molecule has 0 unspecified atom stereocenters. The summed E-state index contributed by atoms with van der Waals surface area (Å²) in [5.74, 6) is -0.233. The van der Waals surface area contributed by atoms with Crippen LogP contribution in [0.25, 0.3) is 11.4 Å². The SMILES string of the molecule is O=C(NNC(=O)c1ccc(Cn2nnc(-c3ccccc3)n2)cc1)c1ccccc1. The molecule has 0 saturated carbocycles. The van der Waals surface area contributed by atoms with Gasteiger partial charge in [0, 0.05) is 16.7 Å². The summed E-state index contributed by atoms with van der Waals surface area (Å²) in [6.07, 6.45) is 0. The third-order valence-electron chi connectivity index (χ3n) is 4.35. The van der Waals surface area contributed by atoms with E-state index in [1.165, 1.54) is 4.80 Å². The number of nitrogens with zero attached hydrogens (tertiary/aromatic N) is 4. The molecule has 4 aromatic rings. The van der Waals surface area contributed by atoms with Crippen molar-refractivity contribution in [1.29, 1.82) is 0 Å². The number of hydrazine groups is 1. The van der Waals surface area contributed by atoms with Crippen molar-refractivity contribution in [2.45, 2.75) is 6.54 Å². The minimum atomic E-state index is -0.406. The second-order valence-corrected chi connectivity index (χ2v) is 6.48. The maximum absolute atomic E-state index is 12.2. The predicted octanol–water partition coefficient (Wildman–Crippen LogP) is 2.46. The number of carbonyl (C=O) groups excluding carboxylic acids is 2. The average Bonchev–Trinajstić information content (AvgIpc) is 3.27. The fourth-order valence-corrected chi connectivity index (χ4v) is 2.79. The van der Waals surface area contributed by atoms with E-state index in [-0.39, 0.29) is 5.91 Å². The maximum Gasteiger partial charge on any atom is 0.269 e. The van der Waals surface area contributed by atoms with E-state index in [0.717, 1.165) is 11.1 Å². The molecule has 0 aliphatic heterocycles. The second kappa shape index (κ2) is 8.78. The molecule has 0 aliphatic carbocycles. The topological polar surface area (TPSA) is 102 Å². The van der Waals surface area contributed by atoms with Gasteiger partial charge in [-0.3, -0.25) is 20.4 Å². The molecule has 4 rings (SSSR count). The zero-order valence-corrected chi connectivity index (χ0v) is 15.9. The van der Waals surface area contributed by atoms with Gasteiger partial charge in [-0.1, -0.05) is 60.7 Å². The molecule has 30 heavy (non-hydrogen) atoms. The largest absolute Gasteiger partial charge is 0.269 e. The van der Waals surface area contributed by atoms with Crippen molar-refractivity contribution in [2.75, 3.05) is 0 Å². The van der Waals surface area contributed by atoms with Gasteiger partial charge < -0.3 is 0 Å². The number of benzene rings is 3. The normalized spacial score (nSPS) is 10.4. The standard InChI is InChI=1S/C22H18N6O2/c29-21(18-9-5-2-6-10-18)24-25-22(30)19-13-11-16(12-14-19)15-28-26-20(23-27-28)17-7-3-1-4-8-17/h1-14H,15H2,(H,24,29)(H,25,30). The average molecular weight is 398 g/mol. The first-order valence-electron chi connectivity index (χ1n) is 9.27. The van der Waals surface area contributed by atoms with Crippen molar-refractivity contribution in [3.63, 3.8) is 0 Å². The maximum atomic E-state index is 12.2. The van der Waals surface area contributed by atoms with Crippen molar-refractivity contribution in [3.8, 4) is 11.4 Å². The number of hydrogen-bond donors (Lipinski definition) is 2. The van der Waals surface area contributed by atoms with Crippen LogP contribution in [0.2, 0.25) is 0 Å². The minimum Gasteiger partial charge on any atom is -0.267 e. The Morgan fingerprint density at radius 2 is 1.30 bits per heavy atom. The summed E-state index contributed by atoms with van der Waals surface area (Å²) in [6.45, 7) is 0.423. The Labute approximate surface area is 172 Å². The molecule has 0 fully saturated rings. The van der Waals surface area contributed by atoms with Gasteiger partial charge in [0.2, 0.25) is 5.82 Å². The van der Waals surface area contributed by atoms with Crippen molar-refractivity contribution < 1.29 is 9.59 Å². The molecule has 0 saturated heterocycles. The predicted molar refractivity (Wildman–Crippen MR) is 110 cm³/mol. The quantitative estimate of drug-likeness (QED) is 0.503. The van der Waals surface area contributed by atoms with Gasteiger partial charge in [0.25, 0.3) is 11.8 Å². The second-order valence-electron chi connectivity index (χ2n) is 6.48. The third-order valence-corrected chi connectivity index (χ3v) is 4.35. The van der Waals surface area contributed by atoms with E-state index in [0.29, 0.717) is 23.5 Å². The van der Waals surface area contributed by atoms with Gasteiger partial charge in [0.1, 0.15) is 0 Å². The molecule has 0 spiro atoms. The number of aromatic nitrogens is 4. The lowest BCUT2D eigenvalue weighted by atomic mass is 10.1. The molecule has 8 nitrogen and oxygen atoms in total. The van der Waals surface area contributed by atoms with Crippen LogP contribution in [0.5, 0.6) is 0 Å². The minimum absolute atomic E-state index is 0.382. The van der Waals surface area contributed by atoms with Crippen molar-refractivity contribution >= 4 is 11.8 Å². The Balaban J connectivity index is 1.34. The molecule has 1 aromatic heterocycles. The zero-order valence-electron chi connectivity index (χ0n) is 15.9. The molecule has 8 heteroatoms.